The molecule has 4 aromatic rings. The molecule has 0 saturated carbocycles. The van der Waals surface area contributed by atoms with Crippen molar-refractivity contribution in [2.75, 3.05) is 0 Å². The maximum absolute atomic E-state index is 9.67. The molecule has 0 unspecified atom stereocenters. The monoisotopic (exact) mass is 315 g/mol. The minimum atomic E-state index is 0.261. The number of phenolic OH excluding ortho intramolecular Hbond substituents is 1. The molecule has 3 heteroatoms. The lowest BCUT2D eigenvalue weighted by Gasteiger charge is -2.08. The van der Waals surface area contributed by atoms with Gasteiger partial charge in [-0.25, -0.2) is 0 Å². The van der Waals surface area contributed by atoms with Crippen LogP contribution in [-0.4, -0.2) is 9.67 Å². The van der Waals surface area contributed by atoms with Crippen LogP contribution < -0.4 is 4.74 Å². The molecule has 0 amide bonds. The van der Waals surface area contributed by atoms with Gasteiger partial charge in [-0.3, -0.25) is 0 Å². The normalized spacial score (nSPS) is 10.8. The maximum atomic E-state index is 9.67. The molecule has 0 aliphatic carbocycles. The van der Waals surface area contributed by atoms with E-state index in [0.29, 0.717) is 6.61 Å². The number of fused-ring (bicyclic) bond motifs is 1. The van der Waals surface area contributed by atoms with Crippen LogP contribution in [0, 0.1) is 0 Å². The van der Waals surface area contributed by atoms with Crippen LogP contribution in [0.25, 0.3) is 16.6 Å². The summed E-state index contributed by atoms with van der Waals surface area (Å²) in [5.74, 6) is 1.11. The number of aromatic nitrogens is 1. The van der Waals surface area contributed by atoms with Gasteiger partial charge in [0, 0.05) is 23.3 Å². The molecular weight excluding hydrogens is 298 g/mol. The summed E-state index contributed by atoms with van der Waals surface area (Å²) in [5.41, 5.74) is 3.16. The second-order valence-corrected chi connectivity index (χ2v) is 5.70. The Morgan fingerprint density at radius 3 is 2.54 bits per heavy atom. The van der Waals surface area contributed by atoms with Gasteiger partial charge in [-0.15, -0.1) is 0 Å². The Morgan fingerprint density at radius 1 is 0.833 bits per heavy atom. The van der Waals surface area contributed by atoms with E-state index in [1.807, 2.05) is 54.7 Å². The highest BCUT2D eigenvalue weighted by atomic mass is 16.5. The highest BCUT2D eigenvalue weighted by molar-refractivity contribution is 5.83. The Hall–Kier alpha value is -3.20. The molecule has 1 heterocycles. The number of aromatic hydroxyl groups is 1. The molecule has 3 aromatic carbocycles. The summed E-state index contributed by atoms with van der Waals surface area (Å²) in [4.78, 5) is 0. The van der Waals surface area contributed by atoms with Crippen molar-refractivity contribution in [2.24, 2.45) is 0 Å². The average molecular weight is 315 g/mol. The molecule has 1 N–H and O–H groups in total. The van der Waals surface area contributed by atoms with Gasteiger partial charge in [0.15, 0.2) is 0 Å². The van der Waals surface area contributed by atoms with Crippen molar-refractivity contribution in [3.05, 3.63) is 90.6 Å². The molecule has 0 fully saturated rings. The molecule has 0 radical (unpaired) electrons. The molecule has 0 aliphatic heterocycles. The number of ether oxygens (including phenoxy) is 1. The van der Waals surface area contributed by atoms with Crippen LogP contribution in [0.4, 0.5) is 0 Å². The topological polar surface area (TPSA) is 34.4 Å². The minimum absolute atomic E-state index is 0.261. The number of hydrogen-bond donors (Lipinski definition) is 1. The molecule has 0 atom stereocenters. The van der Waals surface area contributed by atoms with Crippen molar-refractivity contribution < 1.29 is 9.84 Å². The lowest BCUT2D eigenvalue weighted by molar-refractivity contribution is 0.306. The quantitative estimate of drug-likeness (QED) is 0.580. The van der Waals surface area contributed by atoms with Crippen LogP contribution in [0.2, 0.25) is 0 Å². The third kappa shape index (κ3) is 2.84. The van der Waals surface area contributed by atoms with E-state index in [1.54, 1.807) is 12.1 Å². The van der Waals surface area contributed by atoms with Crippen LogP contribution >= 0.6 is 0 Å². The zero-order chi connectivity index (χ0) is 16.4. The molecule has 1 aromatic heterocycles. The van der Waals surface area contributed by atoms with E-state index in [9.17, 15) is 5.11 Å². The molecule has 24 heavy (non-hydrogen) atoms. The molecule has 118 valence electrons. The third-order valence-electron chi connectivity index (χ3n) is 4.02. The van der Waals surface area contributed by atoms with Gasteiger partial charge < -0.3 is 14.4 Å². The van der Waals surface area contributed by atoms with Gasteiger partial charge in [-0.2, -0.15) is 0 Å². The summed E-state index contributed by atoms with van der Waals surface area (Å²) in [6.45, 7) is 0.555. The Labute approximate surface area is 140 Å². The fourth-order valence-electron chi connectivity index (χ4n) is 2.82. The van der Waals surface area contributed by atoms with E-state index in [0.717, 1.165) is 27.9 Å². The minimum Gasteiger partial charge on any atom is -0.508 e. The summed E-state index contributed by atoms with van der Waals surface area (Å²) in [7, 11) is 0. The van der Waals surface area contributed by atoms with Crippen molar-refractivity contribution in [3.63, 3.8) is 0 Å². The molecule has 0 aliphatic rings. The van der Waals surface area contributed by atoms with Crippen molar-refractivity contribution >= 4 is 10.9 Å². The van der Waals surface area contributed by atoms with Crippen molar-refractivity contribution in [1.82, 2.24) is 4.57 Å². The Balaban J connectivity index is 1.61. The van der Waals surface area contributed by atoms with E-state index >= 15 is 0 Å². The SMILES string of the molecule is Oc1cccc(-n2ccc3cc(OCc4ccccc4)ccc32)c1. The first-order valence-corrected chi connectivity index (χ1v) is 7.87. The number of hydrogen-bond acceptors (Lipinski definition) is 2. The first-order chi connectivity index (χ1) is 11.8. The Kier molecular flexibility index (Phi) is 3.67. The predicted octanol–water partition coefficient (Wildman–Crippen LogP) is 4.92. The van der Waals surface area contributed by atoms with E-state index < -0.39 is 0 Å². The number of nitrogens with zero attached hydrogens (tertiary/aromatic N) is 1. The number of phenols is 1. The van der Waals surface area contributed by atoms with Gasteiger partial charge in [0.2, 0.25) is 0 Å². The second-order valence-electron chi connectivity index (χ2n) is 5.70. The molecule has 4 rings (SSSR count). The van der Waals surface area contributed by atoms with Crippen LogP contribution in [-0.2, 0) is 6.61 Å². The maximum Gasteiger partial charge on any atom is 0.120 e. The fraction of sp³-hybridized carbons (Fsp3) is 0.0476. The van der Waals surface area contributed by atoms with Gasteiger partial charge in [0.05, 0.1) is 5.52 Å². The van der Waals surface area contributed by atoms with E-state index in [1.165, 1.54) is 0 Å². The first kappa shape index (κ1) is 14.4. The molecule has 3 nitrogen and oxygen atoms in total. The van der Waals surface area contributed by atoms with E-state index in [-0.39, 0.29) is 5.75 Å². The largest absolute Gasteiger partial charge is 0.508 e. The highest BCUT2D eigenvalue weighted by Crippen LogP contribution is 2.26. The summed E-state index contributed by atoms with van der Waals surface area (Å²) < 4.78 is 7.94. The lowest BCUT2D eigenvalue weighted by atomic mass is 10.2. The summed E-state index contributed by atoms with van der Waals surface area (Å²) in [6.07, 6.45) is 2.00. The first-order valence-electron chi connectivity index (χ1n) is 7.87. The van der Waals surface area contributed by atoms with Crippen LogP contribution in [0.5, 0.6) is 11.5 Å². The van der Waals surface area contributed by atoms with Crippen molar-refractivity contribution in [2.45, 2.75) is 6.61 Å². The Bertz CT molecular complexity index is 973. The average Bonchev–Trinajstić information content (AvgIpc) is 3.04. The van der Waals surface area contributed by atoms with Crippen LogP contribution in [0.15, 0.2) is 85.1 Å². The molecule has 0 saturated heterocycles. The zero-order valence-electron chi connectivity index (χ0n) is 13.1. The van der Waals surface area contributed by atoms with Crippen molar-refractivity contribution in [1.29, 1.82) is 0 Å². The number of benzene rings is 3. The molecular formula is C21H17NO2. The molecule has 0 spiro atoms. The van der Waals surface area contributed by atoms with Gasteiger partial charge >= 0.3 is 0 Å². The fourth-order valence-corrected chi connectivity index (χ4v) is 2.82. The second kappa shape index (κ2) is 6.13. The summed E-state index contributed by atoms with van der Waals surface area (Å²) in [6, 6.07) is 25.5. The van der Waals surface area contributed by atoms with Gasteiger partial charge in [0.25, 0.3) is 0 Å². The summed E-state index contributed by atoms with van der Waals surface area (Å²) >= 11 is 0. The smallest absolute Gasteiger partial charge is 0.120 e. The third-order valence-corrected chi connectivity index (χ3v) is 4.02. The Morgan fingerprint density at radius 2 is 1.71 bits per heavy atom. The number of rotatable bonds is 4. The van der Waals surface area contributed by atoms with E-state index in [2.05, 4.69) is 22.8 Å². The van der Waals surface area contributed by atoms with Gasteiger partial charge in [-0.05, 0) is 42.0 Å². The predicted molar refractivity (Wildman–Crippen MR) is 95.7 cm³/mol. The molecule has 0 bridgehead atoms. The standard InChI is InChI=1S/C21H17NO2/c23-19-8-4-7-18(14-19)22-12-11-17-13-20(9-10-21(17)22)24-15-16-5-2-1-3-6-16/h1-14,23H,15H2. The van der Waals surface area contributed by atoms with E-state index in [4.69, 9.17) is 4.74 Å². The highest BCUT2D eigenvalue weighted by Gasteiger charge is 2.05. The van der Waals surface area contributed by atoms with Crippen LogP contribution in [0.3, 0.4) is 0 Å². The van der Waals surface area contributed by atoms with Crippen LogP contribution in [0.1, 0.15) is 5.56 Å². The van der Waals surface area contributed by atoms with Gasteiger partial charge in [0.1, 0.15) is 18.1 Å². The zero-order valence-corrected chi connectivity index (χ0v) is 13.1. The lowest BCUT2D eigenvalue weighted by Crippen LogP contribution is -1.95. The van der Waals surface area contributed by atoms with Crippen molar-refractivity contribution in [3.8, 4) is 17.2 Å². The summed E-state index contributed by atoms with van der Waals surface area (Å²) in [5, 5.41) is 10.8. The van der Waals surface area contributed by atoms with Gasteiger partial charge in [-0.1, -0.05) is 36.4 Å².